The molecule has 3 N–H and O–H groups in total. The van der Waals surface area contributed by atoms with Gasteiger partial charge in [-0.1, -0.05) is 6.92 Å². The lowest BCUT2D eigenvalue weighted by molar-refractivity contribution is 0.270. The average molecular weight is 289 g/mol. The van der Waals surface area contributed by atoms with Crippen LogP contribution in [0.2, 0.25) is 0 Å². The van der Waals surface area contributed by atoms with Crippen LogP contribution in [0.15, 0.2) is 6.07 Å². The third kappa shape index (κ3) is 2.65. The van der Waals surface area contributed by atoms with Gasteiger partial charge in [-0.3, -0.25) is 9.78 Å². The second-order valence-corrected chi connectivity index (χ2v) is 6.32. The number of aromatic amines is 1. The third-order valence-electron chi connectivity index (χ3n) is 4.27. The van der Waals surface area contributed by atoms with Gasteiger partial charge in [-0.05, 0) is 37.8 Å². The van der Waals surface area contributed by atoms with Crippen LogP contribution in [0.25, 0.3) is 11.5 Å². The summed E-state index contributed by atoms with van der Waals surface area (Å²) in [6, 6.07) is 2.00. The summed E-state index contributed by atoms with van der Waals surface area (Å²) in [6.45, 7) is 6.79. The number of piperidine rings is 1. The minimum absolute atomic E-state index is 0.155. The monoisotopic (exact) mass is 289 g/mol. The van der Waals surface area contributed by atoms with Gasteiger partial charge in [0.1, 0.15) is 5.69 Å². The maximum Gasteiger partial charge on any atom is 0.245 e. The smallest absolute Gasteiger partial charge is 0.245 e. The number of anilines is 1. The first-order chi connectivity index (χ1) is 10.0. The van der Waals surface area contributed by atoms with Crippen molar-refractivity contribution in [3.63, 3.8) is 0 Å². The molecule has 3 heterocycles. The van der Waals surface area contributed by atoms with Gasteiger partial charge in [0.05, 0.1) is 5.69 Å². The van der Waals surface area contributed by atoms with Crippen LogP contribution >= 0.6 is 0 Å². The van der Waals surface area contributed by atoms with E-state index < -0.39 is 0 Å². The third-order valence-corrected chi connectivity index (χ3v) is 4.27. The highest BCUT2D eigenvalue weighted by atomic mass is 15.4. The minimum Gasteiger partial charge on any atom is -0.339 e. The van der Waals surface area contributed by atoms with Crippen molar-refractivity contribution in [1.82, 2.24) is 25.0 Å². The van der Waals surface area contributed by atoms with E-state index in [1.54, 1.807) is 0 Å². The fourth-order valence-electron chi connectivity index (χ4n) is 2.99. The van der Waals surface area contributed by atoms with E-state index in [1.807, 2.05) is 24.7 Å². The Hall–Kier alpha value is -1.89. The molecule has 7 heteroatoms. The molecule has 114 valence electrons. The number of H-pyrrole nitrogens is 1. The van der Waals surface area contributed by atoms with Gasteiger partial charge in [0.25, 0.3) is 0 Å². The molecule has 21 heavy (non-hydrogen) atoms. The molecule has 0 radical (unpaired) electrons. The van der Waals surface area contributed by atoms with Crippen LogP contribution < -0.4 is 10.6 Å². The number of rotatable bonds is 3. The Labute approximate surface area is 124 Å². The second-order valence-electron chi connectivity index (χ2n) is 6.32. The molecular weight excluding hydrogens is 266 g/mol. The number of nitrogens with one attached hydrogen (secondary N) is 1. The van der Waals surface area contributed by atoms with Crippen molar-refractivity contribution < 1.29 is 0 Å². The fraction of sp³-hybridized carbons (Fsp3) is 0.643. The number of hydrogen-bond donors (Lipinski definition) is 2. The Kier molecular flexibility index (Phi) is 3.44. The summed E-state index contributed by atoms with van der Waals surface area (Å²) in [7, 11) is 1.91. The van der Waals surface area contributed by atoms with Gasteiger partial charge in [0.2, 0.25) is 5.95 Å². The first kappa shape index (κ1) is 14.1. The molecule has 1 atom stereocenters. The van der Waals surface area contributed by atoms with E-state index in [9.17, 15) is 0 Å². The largest absolute Gasteiger partial charge is 0.339 e. The number of aryl methyl sites for hydroxylation is 2. The molecule has 0 aromatic carbocycles. The molecule has 1 aliphatic heterocycles. The predicted octanol–water partition coefficient (Wildman–Crippen LogP) is 1.08. The lowest BCUT2D eigenvalue weighted by Crippen LogP contribution is -2.46. The number of aromatic nitrogens is 5. The maximum absolute atomic E-state index is 5.91. The minimum atomic E-state index is 0.155. The number of nitrogens with zero attached hydrogens (tertiary/aromatic N) is 5. The van der Waals surface area contributed by atoms with Crippen LogP contribution in [0.3, 0.4) is 0 Å². The molecule has 0 saturated carbocycles. The molecule has 1 aliphatic rings. The van der Waals surface area contributed by atoms with Crippen molar-refractivity contribution in [1.29, 1.82) is 0 Å². The van der Waals surface area contributed by atoms with Gasteiger partial charge < -0.3 is 10.6 Å². The van der Waals surface area contributed by atoms with Gasteiger partial charge in [-0.2, -0.15) is 10.1 Å². The Morgan fingerprint density at radius 2 is 2.29 bits per heavy atom. The Balaban J connectivity index is 1.83. The summed E-state index contributed by atoms with van der Waals surface area (Å²) >= 11 is 0. The highest BCUT2D eigenvalue weighted by Crippen LogP contribution is 2.30. The van der Waals surface area contributed by atoms with E-state index in [4.69, 9.17) is 5.73 Å². The van der Waals surface area contributed by atoms with E-state index >= 15 is 0 Å². The zero-order valence-corrected chi connectivity index (χ0v) is 12.9. The average Bonchev–Trinajstić information content (AvgIpc) is 3.05. The van der Waals surface area contributed by atoms with Crippen molar-refractivity contribution in [3.8, 4) is 11.5 Å². The molecule has 2 aromatic rings. The lowest BCUT2D eigenvalue weighted by Gasteiger charge is -2.39. The first-order valence-corrected chi connectivity index (χ1v) is 7.39. The number of hydrogen-bond acceptors (Lipinski definition) is 5. The maximum atomic E-state index is 5.91. The van der Waals surface area contributed by atoms with E-state index in [2.05, 4.69) is 32.1 Å². The fourth-order valence-corrected chi connectivity index (χ4v) is 2.99. The van der Waals surface area contributed by atoms with Crippen LogP contribution in [0.4, 0.5) is 5.95 Å². The van der Waals surface area contributed by atoms with Gasteiger partial charge in [0, 0.05) is 20.1 Å². The van der Waals surface area contributed by atoms with Crippen LogP contribution in [0.5, 0.6) is 0 Å². The molecule has 0 amide bonds. The SMILES string of the molecule is Cc1cc(-c2nc(N3CCCC(C)(CN)C3)n[nH]2)n(C)n1. The Morgan fingerprint density at radius 3 is 2.95 bits per heavy atom. The normalized spacial score (nSPS) is 22.8. The summed E-state index contributed by atoms with van der Waals surface area (Å²) in [5, 5.41) is 11.7. The summed E-state index contributed by atoms with van der Waals surface area (Å²) in [4.78, 5) is 6.86. The molecular formula is C14H23N7. The summed E-state index contributed by atoms with van der Waals surface area (Å²) in [5.74, 6) is 1.51. The predicted molar refractivity (Wildman–Crippen MR) is 81.9 cm³/mol. The van der Waals surface area contributed by atoms with E-state index in [1.165, 1.54) is 0 Å². The zero-order chi connectivity index (χ0) is 15.0. The van der Waals surface area contributed by atoms with Crippen molar-refractivity contribution in [2.45, 2.75) is 26.7 Å². The molecule has 0 bridgehead atoms. The summed E-state index contributed by atoms with van der Waals surface area (Å²) < 4.78 is 1.82. The highest BCUT2D eigenvalue weighted by Gasteiger charge is 2.31. The van der Waals surface area contributed by atoms with Crippen LogP contribution in [0, 0.1) is 12.3 Å². The van der Waals surface area contributed by atoms with Crippen molar-refractivity contribution in [2.75, 3.05) is 24.5 Å². The Morgan fingerprint density at radius 1 is 1.48 bits per heavy atom. The first-order valence-electron chi connectivity index (χ1n) is 7.39. The Bertz CT molecular complexity index is 629. The van der Waals surface area contributed by atoms with Crippen molar-refractivity contribution in [3.05, 3.63) is 11.8 Å². The zero-order valence-electron chi connectivity index (χ0n) is 12.9. The van der Waals surface area contributed by atoms with Gasteiger partial charge in [-0.25, -0.2) is 0 Å². The van der Waals surface area contributed by atoms with Crippen LogP contribution in [0.1, 0.15) is 25.5 Å². The molecule has 1 fully saturated rings. The second kappa shape index (κ2) is 5.14. The van der Waals surface area contributed by atoms with E-state index in [0.717, 1.165) is 49.1 Å². The molecule has 2 aromatic heterocycles. The summed E-state index contributed by atoms with van der Waals surface area (Å²) in [6.07, 6.45) is 2.29. The quantitative estimate of drug-likeness (QED) is 0.882. The molecule has 3 rings (SSSR count). The van der Waals surface area contributed by atoms with E-state index in [0.29, 0.717) is 6.54 Å². The van der Waals surface area contributed by atoms with Crippen LogP contribution in [-0.2, 0) is 7.05 Å². The van der Waals surface area contributed by atoms with Crippen molar-refractivity contribution >= 4 is 5.95 Å². The molecule has 1 unspecified atom stereocenters. The molecule has 1 saturated heterocycles. The molecule has 7 nitrogen and oxygen atoms in total. The van der Waals surface area contributed by atoms with Gasteiger partial charge in [-0.15, -0.1) is 5.10 Å². The lowest BCUT2D eigenvalue weighted by atomic mass is 9.82. The summed E-state index contributed by atoms with van der Waals surface area (Å²) in [5.41, 5.74) is 7.99. The standard InChI is InChI=1S/C14H23N7/c1-10-7-11(20(3)19-10)12-16-13(18-17-12)21-6-4-5-14(2,8-15)9-21/h7H,4-6,8-9,15H2,1-3H3,(H,16,17,18). The highest BCUT2D eigenvalue weighted by molar-refractivity contribution is 5.52. The van der Waals surface area contributed by atoms with E-state index in [-0.39, 0.29) is 5.41 Å². The van der Waals surface area contributed by atoms with Crippen molar-refractivity contribution in [2.24, 2.45) is 18.2 Å². The van der Waals surface area contributed by atoms with Gasteiger partial charge in [0.15, 0.2) is 5.82 Å². The molecule has 0 spiro atoms. The van der Waals surface area contributed by atoms with Crippen LogP contribution in [-0.4, -0.2) is 44.6 Å². The topological polar surface area (TPSA) is 88.7 Å². The number of nitrogens with two attached hydrogens (primary N) is 1. The molecule has 0 aliphatic carbocycles. The van der Waals surface area contributed by atoms with Gasteiger partial charge >= 0.3 is 0 Å².